The van der Waals surface area contributed by atoms with Gasteiger partial charge in [-0.05, 0) is 37.6 Å². The summed E-state index contributed by atoms with van der Waals surface area (Å²) in [5.74, 6) is -1.47. The van der Waals surface area contributed by atoms with Crippen molar-refractivity contribution in [2.75, 3.05) is 13.2 Å². The fourth-order valence-corrected chi connectivity index (χ4v) is 5.27. The van der Waals surface area contributed by atoms with Crippen LogP contribution in [0.5, 0.6) is 5.75 Å². The molecule has 1 unspecified atom stereocenters. The van der Waals surface area contributed by atoms with Crippen molar-refractivity contribution in [1.29, 1.82) is 0 Å². The van der Waals surface area contributed by atoms with Crippen LogP contribution in [0, 0.1) is 19.7 Å². The van der Waals surface area contributed by atoms with Crippen LogP contribution in [0.2, 0.25) is 5.02 Å². The molecule has 7 nitrogen and oxygen atoms in total. The number of halogens is 5. The van der Waals surface area contributed by atoms with E-state index >= 15 is 4.39 Å². The van der Waals surface area contributed by atoms with Crippen molar-refractivity contribution in [3.8, 4) is 5.75 Å². The van der Waals surface area contributed by atoms with Gasteiger partial charge in [-0.25, -0.2) is 13.9 Å². The number of imidazole rings is 1. The Balaban J connectivity index is 1.51. The number of rotatable bonds is 4. The summed E-state index contributed by atoms with van der Waals surface area (Å²) in [5, 5.41) is 4.57. The molecule has 0 N–H and O–H groups in total. The maximum atomic E-state index is 15.1. The van der Waals surface area contributed by atoms with Crippen molar-refractivity contribution in [2.45, 2.75) is 32.5 Å². The summed E-state index contributed by atoms with van der Waals surface area (Å²) in [6, 6.07) is 3.58. The van der Waals surface area contributed by atoms with Crippen LogP contribution in [-0.4, -0.2) is 43.5 Å². The van der Waals surface area contributed by atoms with E-state index in [0.29, 0.717) is 28.3 Å². The molecule has 1 aliphatic heterocycles. The molecule has 0 spiro atoms. The summed E-state index contributed by atoms with van der Waals surface area (Å²) in [4.78, 5) is 24.2. The Bertz CT molecular complexity index is 1490. The Morgan fingerprint density at radius 1 is 1.31 bits per heavy atom. The summed E-state index contributed by atoms with van der Waals surface area (Å²) >= 11 is 7.26. The molecule has 0 aliphatic carbocycles. The number of alkyl halides is 3. The normalized spacial score (nSPS) is 15.9. The molecule has 0 bridgehead atoms. The molecular weight excluding hydrogens is 522 g/mol. The number of hydrogen-bond donors (Lipinski definition) is 0. The smallest absolute Gasteiger partial charge is 0.417 e. The third-order valence-electron chi connectivity index (χ3n) is 5.78. The van der Waals surface area contributed by atoms with E-state index in [9.17, 15) is 18.0 Å². The van der Waals surface area contributed by atoms with Gasteiger partial charge in [0.1, 0.15) is 28.3 Å². The average Bonchev–Trinajstić information content (AvgIpc) is 3.32. The molecule has 13 heteroatoms. The van der Waals surface area contributed by atoms with E-state index in [1.165, 1.54) is 34.6 Å². The number of carbonyl (C=O) groups is 1. The van der Waals surface area contributed by atoms with Gasteiger partial charge in [0.25, 0.3) is 5.91 Å². The van der Waals surface area contributed by atoms with Crippen LogP contribution in [0.4, 0.5) is 17.6 Å². The molecule has 4 heterocycles. The number of hydrogen-bond acceptors (Lipinski definition) is 6. The van der Waals surface area contributed by atoms with E-state index in [1.54, 1.807) is 11.4 Å². The zero-order chi connectivity index (χ0) is 25.8. The molecule has 0 saturated heterocycles. The molecule has 36 heavy (non-hydrogen) atoms. The topological polar surface area (TPSA) is 72.6 Å². The van der Waals surface area contributed by atoms with E-state index < -0.39 is 41.1 Å². The third kappa shape index (κ3) is 4.28. The number of carbonyl (C=O) groups excluding carboxylic acids is 1. The number of nitrogens with zero attached hydrogens (tertiary/aromatic N) is 5. The number of aromatic nitrogens is 4. The van der Waals surface area contributed by atoms with Gasteiger partial charge in [-0.3, -0.25) is 9.78 Å². The molecule has 188 valence electrons. The Labute approximate surface area is 211 Å². The Morgan fingerprint density at radius 3 is 2.81 bits per heavy atom. The first-order chi connectivity index (χ1) is 17.0. The molecule has 0 saturated carbocycles. The van der Waals surface area contributed by atoms with Gasteiger partial charge in [0.15, 0.2) is 6.61 Å². The summed E-state index contributed by atoms with van der Waals surface area (Å²) in [5.41, 5.74) is 0.740. The zero-order valence-corrected chi connectivity index (χ0v) is 20.5. The Kier molecular flexibility index (Phi) is 6.11. The van der Waals surface area contributed by atoms with E-state index in [2.05, 4.69) is 15.1 Å². The highest BCUT2D eigenvalue weighted by molar-refractivity contribution is 7.16. The van der Waals surface area contributed by atoms with Crippen molar-refractivity contribution in [3.05, 3.63) is 74.5 Å². The van der Waals surface area contributed by atoms with Gasteiger partial charge >= 0.3 is 6.18 Å². The molecular formula is C23H18ClF4N5O2S. The third-order valence-corrected chi connectivity index (χ3v) is 6.99. The first kappa shape index (κ1) is 24.4. The fourth-order valence-electron chi connectivity index (χ4n) is 4.22. The lowest BCUT2D eigenvalue weighted by atomic mass is 9.98. The van der Waals surface area contributed by atoms with Gasteiger partial charge in [-0.2, -0.15) is 18.3 Å². The Hall–Kier alpha value is -3.25. The largest absolute Gasteiger partial charge is 0.482 e. The second-order valence-electron chi connectivity index (χ2n) is 8.28. The fraction of sp³-hybridized carbons (Fsp3) is 0.304. The minimum Gasteiger partial charge on any atom is -0.482 e. The summed E-state index contributed by atoms with van der Waals surface area (Å²) in [6.07, 6.45) is -2.80. The number of benzene rings is 1. The highest BCUT2D eigenvalue weighted by Crippen LogP contribution is 2.40. The van der Waals surface area contributed by atoms with Crippen LogP contribution < -0.4 is 4.74 Å². The molecule has 1 aliphatic rings. The van der Waals surface area contributed by atoms with E-state index in [0.717, 1.165) is 17.1 Å². The van der Waals surface area contributed by atoms with E-state index in [1.807, 2.05) is 6.92 Å². The SMILES string of the molecule is Cc1cnc(C2c3c(nc4sc(C)nn34)CCN2C(=O)COc2cccc(C(F)(F)F)c2Cl)c(F)c1. The number of amides is 1. The standard InChI is InChI=1S/C23H18ClF4N5O2S/c1-11-8-14(25)19(29-9-11)21-20-15(30-22-33(20)31-12(2)36-22)6-7-32(21)17(34)10-35-16-5-3-4-13(18(16)24)23(26,27)28/h3-5,8-9,21H,6-7,10H2,1-2H3. The minimum atomic E-state index is -4.68. The van der Waals surface area contributed by atoms with Crippen LogP contribution in [0.3, 0.4) is 0 Å². The first-order valence-electron chi connectivity index (χ1n) is 10.8. The van der Waals surface area contributed by atoms with Crippen molar-refractivity contribution in [3.63, 3.8) is 0 Å². The molecule has 0 fully saturated rings. The average molecular weight is 540 g/mol. The first-order valence-corrected chi connectivity index (χ1v) is 12.0. The summed E-state index contributed by atoms with van der Waals surface area (Å²) < 4.78 is 61.7. The van der Waals surface area contributed by atoms with Crippen LogP contribution in [0.15, 0.2) is 30.5 Å². The number of fused-ring (bicyclic) bond motifs is 3. The maximum absolute atomic E-state index is 15.1. The van der Waals surface area contributed by atoms with Gasteiger partial charge < -0.3 is 9.64 Å². The highest BCUT2D eigenvalue weighted by atomic mass is 35.5. The van der Waals surface area contributed by atoms with Crippen molar-refractivity contribution in [1.82, 2.24) is 24.5 Å². The van der Waals surface area contributed by atoms with E-state index in [4.69, 9.17) is 16.3 Å². The maximum Gasteiger partial charge on any atom is 0.417 e. The van der Waals surface area contributed by atoms with Gasteiger partial charge in [-0.1, -0.05) is 29.0 Å². The van der Waals surface area contributed by atoms with Gasteiger partial charge in [0.2, 0.25) is 4.96 Å². The van der Waals surface area contributed by atoms with Crippen LogP contribution in [0.25, 0.3) is 4.96 Å². The molecule has 3 aromatic heterocycles. The predicted octanol–water partition coefficient (Wildman–Crippen LogP) is 5.17. The lowest BCUT2D eigenvalue weighted by molar-refractivity contribution is -0.137. The summed E-state index contributed by atoms with van der Waals surface area (Å²) in [7, 11) is 0. The number of ether oxygens (including phenoxy) is 1. The second-order valence-corrected chi connectivity index (χ2v) is 9.82. The van der Waals surface area contributed by atoms with Crippen molar-refractivity contribution < 1.29 is 27.1 Å². The van der Waals surface area contributed by atoms with Gasteiger partial charge in [-0.15, -0.1) is 0 Å². The number of aryl methyl sites for hydroxylation is 2. The monoisotopic (exact) mass is 539 g/mol. The Morgan fingerprint density at radius 2 is 2.08 bits per heavy atom. The lowest BCUT2D eigenvalue weighted by Crippen LogP contribution is -2.44. The van der Waals surface area contributed by atoms with Gasteiger partial charge in [0.05, 0.1) is 22.0 Å². The quantitative estimate of drug-likeness (QED) is 0.335. The zero-order valence-electron chi connectivity index (χ0n) is 18.9. The molecule has 1 aromatic carbocycles. The second kappa shape index (κ2) is 9.00. The summed E-state index contributed by atoms with van der Waals surface area (Å²) in [6.45, 7) is 3.07. The number of pyridine rings is 1. The van der Waals surface area contributed by atoms with E-state index in [-0.39, 0.29) is 18.0 Å². The lowest BCUT2D eigenvalue weighted by Gasteiger charge is -2.35. The highest BCUT2D eigenvalue weighted by Gasteiger charge is 2.39. The van der Waals surface area contributed by atoms with Gasteiger partial charge in [0, 0.05) is 19.2 Å². The van der Waals surface area contributed by atoms with Crippen LogP contribution >= 0.6 is 22.9 Å². The molecule has 5 rings (SSSR count). The molecule has 0 radical (unpaired) electrons. The molecule has 1 amide bonds. The minimum absolute atomic E-state index is 0.0134. The predicted molar refractivity (Wildman–Crippen MR) is 124 cm³/mol. The van der Waals surface area contributed by atoms with Crippen LogP contribution in [-0.2, 0) is 17.4 Å². The van der Waals surface area contributed by atoms with Crippen LogP contribution in [0.1, 0.15) is 39.3 Å². The molecule has 1 atom stereocenters. The molecule has 4 aromatic rings. The van der Waals surface area contributed by atoms with Crippen molar-refractivity contribution >= 4 is 33.8 Å². The van der Waals surface area contributed by atoms with Crippen molar-refractivity contribution in [2.24, 2.45) is 0 Å².